The van der Waals surface area contributed by atoms with E-state index in [-0.39, 0.29) is 16.1 Å². The van der Waals surface area contributed by atoms with E-state index in [0.717, 1.165) is 30.1 Å². The maximum Gasteiger partial charge on any atom is 0.335 e. The molecule has 0 radical (unpaired) electrons. The molecule has 0 saturated carbocycles. The van der Waals surface area contributed by atoms with Crippen LogP contribution in [0.4, 0.5) is 10.1 Å². The first-order chi connectivity index (χ1) is 9.47. The number of nitro groups is 1. The Kier molecular flexibility index (Phi) is 3.94. The Morgan fingerprint density at radius 2 is 2.10 bits per heavy atom. The van der Waals surface area contributed by atoms with Gasteiger partial charge in [0.2, 0.25) is 0 Å². The van der Waals surface area contributed by atoms with Gasteiger partial charge in [-0.15, -0.1) is 0 Å². The zero-order valence-electron chi connectivity index (χ0n) is 9.82. The third kappa shape index (κ3) is 3.09. The molecular weight excluding hydrogens is 287 g/mol. The minimum absolute atomic E-state index is 0.0455. The number of rotatable bonds is 4. The molecule has 1 N–H and O–H groups in total. The van der Waals surface area contributed by atoms with Crippen LogP contribution in [-0.2, 0) is 0 Å². The number of carbonyl (C=O) groups is 1. The van der Waals surface area contributed by atoms with Crippen LogP contribution in [0.25, 0.3) is 0 Å². The summed E-state index contributed by atoms with van der Waals surface area (Å²) in [5.74, 6) is -1.75. The maximum absolute atomic E-state index is 13.6. The molecule has 0 atom stereocenters. The predicted molar refractivity (Wildman–Crippen MR) is 68.4 cm³/mol. The molecule has 0 amide bonds. The summed E-state index contributed by atoms with van der Waals surface area (Å²) in [5, 5.41) is 19.6. The number of aromatic nitrogens is 1. The number of halogens is 1. The second kappa shape index (κ2) is 5.66. The number of pyridine rings is 1. The Balaban J connectivity index is 2.27. The third-order valence-corrected chi connectivity index (χ3v) is 3.31. The largest absolute Gasteiger partial charge is 0.478 e. The molecule has 8 heteroatoms. The number of carboxylic acids is 1. The molecular formula is C12H7FN2O4S. The normalized spacial score (nSPS) is 10.2. The summed E-state index contributed by atoms with van der Waals surface area (Å²) in [6, 6.07) is 6.01. The van der Waals surface area contributed by atoms with Crippen molar-refractivity contribution in [2.75, 3.05) is 0 Å². The monoisotopic (exact) mass is 294 g/mol. The van der Waals surface area contributed by atoms with Crippen LogP contribution in [0.3, 0.4) is 0 Å². The SMILES string of the molecule is O=C(O)c1ccc(F)c(Sc2ccc([N+](=O)[O-])cn2)c1. The number of carboxylic acid groups (broad SMARTS) is 1. The molecule has 0 saturated heterocycles. The lowest BCUT2D eigenvalue weighted by Gasteiger charge is -2.03. The van der Waals surface area contributed by atoms with Crippen LogP contribution in [0.1, 0.15) is 10.4 Å². The van der Waals surface area contributed by atoms with Gasteiger partial charge in [0.15, 0.2) is 0 Å². The van der Waals surface area contributed by atoms with E-state index in [9.17, 15) is 19.3 Å². The number of aromatic carboxylic acids is 1. The highest BCUT2D eigenvalue weighted by Crippen LogP contribution is 2.29. The van der Waals surface area contributed by atoms with E-state index in [1.165, 1.54) is 18.2 Å². The van der Waals surface area contributed by atoms with Gasteiger partial charge in [-0.2, -0.15) is 0 Å². The average Bonchev–Trinajstić information content (AvgIpc) is 2.41. The molecule has 2 rings (SSSR count). The zero-order chi connectivity index (χ0) is 14.7. The summed E-state index contributed by atoms with van der Waals surface area (Å²) in [7, 11) is 0. The van der Waals surface area contributed by atoms with Crippen molar-refractivity contribution >= 4 is 23.4 Å². The fraction of sp³-hybridized carbons (Fsp3) is 0. The van der Waals surface area contributed by atoms with Gasteiger partial charge in [0.25, 0.3) is 5.69 Å². The molecule has 1 aromatic carbocycles. The van der Waals surface area contributed by atoms with E-state index < -0.39 is 16.7 Å². The lowest BCUT2D eigenvalue weighted by atomic mass is 10.2. The summed E-state index contributed by atoms with van der Waals surface area (Å²) in [6.45, 7) is 0. The highest BCUT2D eigenvalue weighted by atomic mass is 32.2. The minimum Gasteiger partial charge on any atom is -0.478 e. The van der Waals surface area contributed by atoms with Crippen LogP contribution in [0, 0.1) is 15.9 Å². The highest BCUT2D eigenvalue weighted by molar-refractivity contribution is 7.99. The van der Waals surface area contributed by atoms with E-state index in [2.05, 4.69) is 4.98 Å². The van der Waals surface area contributed by atoms with Gasteiger partial charge in [-0.05, 0) is 24.3 Å². The van der Waals surface area contributed by atoms with Gasteiger partial charge in [0.05, 0.1) is 15.4 Å². The van der Waals surface area contributed by atoms with Crippen molar-refractivity contribution in [2.45, 2.75) is 9.92 Å². The standard InChI is InChI=1S/C12H7FN2O4S/c13-9-3-1-7(12(16)17)5-10(9)20-11-4-2-8(6-14-11)15(18)19/h1-6H,(H,16,17). The molecule has 2 aromatic rings. The van der Waals surface area contributed by atoms with Crippen molar-refractivity contribution < 1.29 is 19.2 Å². The van der Waals surface area contributed by atoms with Crippen molar-refractivity contribution in [3.8, 4) is 0 Å². The lowest BCUT2D eigenvalue weighted by molar-refractivity contribution is -0.385. The fourth-order valence-corrected chi connectivity index (χ4v) is 2.19. The summed E-state index contributed by atoms with van der Waals surface area (Å²) >= 11 is 0.894. The van der Waals surface area contributed by atoms with Crippen molar-refractivity contribution in [3.05, 3.63) is 58.0 Å². The topological polar surface area (TPSA) is 93.3 Å². The highest BCUT2D eigenvalue weighted by Gasteiger charge is 2.11. The number of hydrogen-bond donors (Lipinski definition) is 1. The van der Waals surface area contributed by atoms with Gasteiger partial charge in [0.1, 0.15) is 17.0 Å². The van der Waals surface area contributed by atoms with Crippen LogP contribution < -0.4 is 0 Å². The van der Waals surface area contributed by atoms with Crippen molar-refractivity contribution in [1.82, 2.24) is 4.98 Å². The summed E-state index contributed by atoms with van der Waals surface area (Å²) in [6.07, 6.45) is 1.06. The van der Waals surface area contributed by atoms with Crippen LogP contribution in [0.15, 0.2) is 46.5 Å². The molecule has 0 aliphatic rings. The van der Waals surface area contributed by atoms with E-state index >= 15 is 0 Å². The maximum atomic E-state index is 13.6. The Bertz CT molecular complexity index is 676. The first-order valence-electron chi connectivity index (χ1n) is 5.28. The van der Waals surface area contributed by atoms with Crippen molar-refractivity contribution in [2.24, 2.45) is 0 Å². The Labute approximate surface area is 116 Å². The van der Waals surface area contributed by atoms with Gasteiger partial charge >= 0.3 is 5.97 Å². The third-order valence-electron chi connectivity index (χ3n) is 2.32. The second-order valence-electron chi connectivity index (χ2n) is 3.66. The van der Waals surface area contributed by atoms with Crippen LogP contribution in [0.5, 0.6) is 0 Å². The van der Waals surface area contributed by atoms with E-state index in [1.54, 1.807) is 0 Å². The Morgan fingerprint density at radius 1 is 1.35 bits per heavy atom. The van der Waals surface area contributed by atoms with Gasteiger partial charge < -0.3 is 5.11 Å². The molecule has 102 valence electrons. The zero-order valence-corrected chi connectivity index (χ0v) is 10.6. The summed E-state index contributed by atoms with van der Waals surface area (Å²) in [5.41, 5.74) is -0.218. The van der Waals surface area contributed by atoms with Gasteiger partial charge in [-0.25, -0.2) is 14.2 Å². The molecule has 0 spiro atoms. The van der Waals surface area contributed by atoms with Crippen molar-refractivity contribution in [3.63, 3.8) is 0 Å². The molecule has 0 aliphatic carbocycles. The molecule has 1 aromatic heterocycles. The molecule has 0 fully saturated rings. The second-order valence-corrected chi connectivity index (χ2v) is 4.73. The summed E-state index contributed by atoms with van der Waals surface area (Å²) in [4.78, 5) is 24.6. The molecule has 6 nitrogen and oxygen atoms in total. The summed E-state index contributed by atoms with van der Waals surface area (Å²) < 4.78 is 13.6. The first-order valence-corrected chi connectivity index (χ1v) is 6.10. The quantitative estimate of drug-likeness (QED) is 0.688. The Morgan fingerprint density at radius 3 is 2.65 bits per heavy atom. The molecule has 0 aliphatic heterocycles. The van der Waals surface area contributed by atoms with E-state index in [0.29, 0.717) is 5.03 Å². The molecule has 0 unspecified atom stereocenters. The van der Waals surface area contributed by atoms with Crippen LogP contribution >= 0.6 is 11.8 Å². The van der Waals surface area contributed by atoms with Crippen molar-refractivity contribution in [1.29, 1.82) is 0 Å². The van der Waals surface area contributed by atoms with Gasteiger partial charge in [0, 0.05) is 6.07 Å². The lowest BCUT2D eigenvalue weighted by Crippen LogP contribution is -1.97. The molecule has 0 bridgehead atoms. The van der Waals surface area contributed by atoms with E-state index in [4.69, 9.17) is 5.11 Å². The van der Waals surface area contributed by atoms with Gasteiger partial charge in [-0.1, -0.05) is 11.8 Å². The fourth-order valence-electron chi connectivity index (χ4n) is 1.37. The first kappa shape index (κ1) is 13.9. The smallest absolute Gasteiger partial charge is 0.335 e. The Hall–Kier alpha value is -2.48. The number of hydrogen-bond acceptors (Lipinski definition) is 5. The average molecular weight is 294 g/mol. The number of benzene rings is 1. The molecule has 20 heavy (non-hydrogen) atoms. The predicted octanol–water partition coefficient (Wildman–Crippen LogP) is 2.98. The number of nitrogens with zero attached hydrogens (tertiary/aromatic N) is 2. The minimum atomic E-state index is -1.16. The molecule has 1 heterocycles. The van der Waals surface area contributed by atoms with E-state index in [1.807, 2.05) is 0 Å². The van der Waals surface area contributed by atoms with Gasteiger partial charge in [-0.3, -0.25) is 10.1 Å². The van der Waals surface area contributed by atoms with Crippen LogP contribution in [-0.4, -0.2) is 21.0 Å². The van der Waals surface area contributed by atoms with Crippen LogP contribution in [0.2, 0.25) is 0 Å².